The molecule has 0 radical (unpaired) electrons. The summed E-state index contributed by atoms with van der Waals surface area (Å²) in [5, 5.41) is 4.95. The van der Waals surface area contributed by atoms with Crippen molar-refractivity contribution < 1.29 is 25.8 Å². The first-order valence-electron chi connectivity index (χ1n) is 17.1. The smallest absolute Gasteiger partial charge is 0.497 e. The van der Waals surface area contributed by atoms with E-state index in [0.717, 1.165) is 54.8 Å². The second-order valence-electron chi connectivity index (χ2n) is 13.4. The van der Waals surface area contributed by atoms with Crippen LogP contribution in [0.4, 0.5) is 0 Å². The molecular formula is C45H31N5OPt. The first-order valence-corrected chi connectivity index (χ1v) is 17.1. The molecule has 0 aliphatic carbocycles. The van der Waals surface area contributed by atoms with Crippen molar-refractivity contribution in [3.05, 3.63) is 150 Å². The summed E-state index contributed by atoms with van der Waals surface area (Å²) in [5.41, 5.74) is 14.5. The van der Waals surface area contributed by atoms with Crippen LogP contribution in [0.2, 0.25) is 0 Å². The third-order valence-corrected chi connectivity index (χ3v) is 10.3. The van der Waals surface area contributed by atoms with E-state index in [9.17, 15) is 0 Å². The van der Waals surface area contributed by atoms with Crippen molar-refractivity contribution in [1.29, 1.82) is 0 Å². The van der Waals surface area contributed by atoms with Crippen molar-refractivity contribution in [3.8, 4) is 33.8 Å². The van der Waals surface area contributed by atoms with Gasteiger partial charge in [0, 0.05) is 53.6 Å². The summed E-state index contributed by atoms with van der Waals surface area (Å²) in [7, 11) is 0. The average molecular weight is 853 g/mol. The Labute approximate surface area is 314 Å². The monoisotopic (exact) mass is 852 g/mol. The van der Waals surface area contributed by atoms with Crippen LogP contribution >= 0.6 is 0 Å². The Morgan fingerprint density at radius 3 is 1.77 bits per heavy atom. The maximum absolute atomic E-state index is 6.54. The Morgan fingerprint density at radius 1 is 0.538 bits per heavy atom. The molecule has 10 rings (SSSR count). The second-order valence-corrected chi connectivity index (χ2v) is 13.4. The number of fused-ring (bicyclic) bond motifs is 12. The molecular weight excluding hydrogens is 822 g/mol. The molecule has 0 saturated heterocycles. The van der Waals surface area contributed by atoms with Gasteiger partial charge in [-0.3, -0.25) is 15.0 Å². The van der Waals surface area contributed by atoms with Gasteiger partial charge in [0.1, 0.15) is 0 Å². The van der Waals surface area contributed by atoms with Gasteiger partial charge in [0.2, 0.25) is 0 Å². The van der Waals surface area contributed by atoms with Gasteiger partial charge >= 0.3 is 21.1 Å². The molecule has 0 unspecified atom stereocenters. The van der Waals surface area contributed by atoms with E-state index in [0.29, 0.717) is 11.5 Å². The minimum Gasteiger partial charge on any atom is -0.497 e. The van der Waals surface area contributed by atoms with Crippen molar-refractivity contribution in [2.24, 2.45) is 0 Å². The van der Waals surface area contributed by atoms with E-state index in [2.05, 4.69) is 121 Å². The fraction of sp³-hybridized carbons (Fsp3) is 0.0889. The van der Waals surface area contributed by atoms with E-state index in [4.69, 9.17) is 9.72 Å². The fourth-order valence-corrected chi connectivity index (χ4v) is 8.10. The molecule has 0 atom stereocenters. The van der Waals surface area contributed by atoms with Crippen LogP contribution in [0, 0.1) is 39.8 Å². The summed E-state index contributed by atoms with van der Waals surface area (Å²) in [6, 6.07) is 36.9. The molecule has 0 amide bonds. The Kier molecular flexibility index (Phi) is 7.49. The van der Waals surface area contributed by atoms with Crippen LogP contribution in [0.25, 0.3) is 77.0 Å². The predicted octanol–water partition coefficient (Wildman–Crippen LogP) is 10.9. The zero-order valence-corrected chi connectivity index (χ0v) is 31.2. The van der Waals surface area contributed by atoms with Crippen LogP contribution in [0.3, 0.4) is 0 Å². The molecule has 5 aromatic heterocycles. The number of hydrogen-bond donors (Lipinski definition) is 0. The summed E-state index contributed by atoms with van der Waals surface area (Å²) in [5.74, 6) is 1.16. The molecule has 252 valence electrons. The molecule has 0 spiro atoms. The molecule has 10 aromatic rings. The second kappa shape index (κ2) is 12.1. The Balaban J connectivity index is 0.00000360. The van der Waals surface area contributed by atoms with Crippen molar-refractivity contribution in [2.45, 2.75) is 27.7 Å². The molecule has 0 N–H and O–H groups in total. The minimum absolute atomic E-state index is 0. The van der Waals surface area contributed by atoms with Gasteiger partial charge < -0.3 is 13.5 Å². The molecule has 5 heterocycles. The maximum atomic E-state index is 6.54. The van der Waals surface area contributed by atoms with Gasteiger partial charge in [0.05, 0.1) is 22.3 Å². The largest absolute Gasteiger partial charge is 2.00 e. The Hall–Kier alpha value is -5.84. The van der Waals surface area contributed by atoms with Crippen molar-refractivity contribution in [2.75, 3.05) is 0 Å². The van der Waals surface area contributed by atoms with Crippen molar-refractivity contribution in [3.63, 3.8) is 0 Å². The predicted molar refractivity (Wildman–Crippen MR) is 206 cm³/mol. The van der Waals surface area contributed by atoms with Crippen LogP contribution in [0.15, 0.2) is 116 Å². The van der Waals surface area contributed by atoms with Crippen LogP contribution < -0.4 is 4.74 Å². The number of rotatable bonds is 4. The van der Waals surface area contributed by atoms with Crippen molar-refractivity contribution >= 4 is 54.8 Å². The van der Waals surface area contributed by atoms with E-state index < -0.39 is 0 Å². The quantitative estimate of drug-likeness (QED) is 0.131. The van der Waals surface area contributed by atoms with Gasteiger partial charge in [-0.05, 0) is 84.2 Å². The number of nitrogens with zero attached hydrogens (tertiary/aromatic N) is 5. The van der Waals surface area contributed by atoms with Gasteiger partial charge in [-0.25, -0.2) is 0 Å². The first-order chi connectivity index (χ1) is 25.0. The first kappa shape index (κ1) is 32.1. The van der Waals surface area contributed by atoms with E-state index in [1.807, 2.05) is 47.3 Å². The summed E-state index contributed by atoms with van der Waals surface area (Å²) in [6.07, 6.45) is 9.51. The Bertz CT molecular complexity index is 3030. The standard InChI is InChI=1S/C45H31N5O.Pt/c1-26-8-5-9-27(2)39(26)34-17-18-35(40-28(3)10-6-11-29(40)4)43-41(34)32-15-13-30(24-36(32)45-48-21-23-50(43)45)51-31-14-16-33-37(25-31)44-47-20-22-49(44)38-12-7-19-46-42(33)38;/h5-23H,1-4H3;/q-2;+2. The number of hydrogen-bond acceptors (Lipinski definition) is 4. The van der Waals surface area contributed by atoms with E-state index in [-0.39, 0.29) is 21.1 Å². The summed E-state index contributed by atoms with van der Waals surface area (Å²) in [4.78, 5) is 14.3. The Morgan fingerprint density at radius 2 is 1.10 bits per heavy atom. The molecule has 5 aromatic carbocycles. The molecule has 6 nitrogen and oxygen atoms in total. The van der Waals surface area contributed by atoms with E-state index >= 15 is 0 Å². The third-order valence-electron chi connectivity index (χ3n) is 10.3. The fourth-order valence-electron chi connectivity index (χ4n) is 8.10. The number of benzene rings is 5. The van der Waals surface area contributed by atoms with Gasteiger partial charge in [0.15, 0.2) is 0 Å². The van der Waals surface area contributed by atoms with Gasteiger partial charge in [-0.1, -0.05) is 94.3 Å². The summed E-state index contributed by atoms with van der Waals surface area (Å²) >= 11 is 0. The zero-order valence-electron chi connectivity index (χ0n) is 28.9. The van der Waals surface area contributed by atoms with Crippen LogP contribution in [-0.4, -0.2) is 23.8 Å². The average Bonchev–Trinajstić information content (AvgIpc) is 3.84. The number of pyridine rings is 3. The molecule has 0 aliphatic heterocycles. The molecule has 0 fully saturated rings. The molecule has 52 heavy (non-hydrogen) atoms. The number of aryl methyl sites for hydroxylation is 4. The van der Waals surface area contributed by atoms with Crippen LogP contribution in [0.1, 0.15) is 22.3 Å². The van der Waals surface area contributed by atoms with E-state index in [1.54, 1.807) is 6.20 Å². The number of imidazole rings is 2. The molecule has 0 bridgehead atoms. The topological polar surface area (TPSA) is 56.7 Å². The number of aromatic nitrogens is 5. The van der Waals surface area contributed by atoms with E-state index in [1.165, 1.54) is 44.5 Å². The van der Waals surface area contributed by atoms with Gasteiger partial charge in [-0.2, -0.15) is 0 Å². The minimum atomic E-state index is 0. The normalized spacial score (nSPS) is 11.7. The molecule has 7 heteroatoms. The van der Waals surface area contributed by atoms with Gasteiger partial charge in [-0.15, -0.1) is 12.1 Å². The molecule has 0 aliphatic rings. The van der Waals surface area contributed by atoms with Crippen molar-refractivity contribution in [1.82, 2.24) is 23.8 Å². The molecule has 0 saturated carbocycles. The SMILES string of the molecule is Cc1cccc(C)c1-c1ccc(-c2c(C)cccc2C)c2c1c1ccc(Oc3[c-]c4c(cc3)c3ncccc3n3ccnc43)[c-]c1c1nccn12.[Pt+2]. The summed E-state index contributed by atoms with van der Waals surface area (Å²) < 4.78 is 10.8. The van der Waals surface area contributed by atoms with Gasteiger partial charge in [0.25, 0.3) is 0 Å². The van der Waals surface area contributed by atoms with Crippen LogP contribution in [0.5, 0.6) is 11.5 Å². The third kappa shape index (κ3) is 4.71. The maximum Gasteiger partial charge on any atom is 2.00 e. The summed E-state index contributed by atoms with van der Waals surface area (Å²) in [6.45, 7) is 8.77. The zero-order chi connectivity index (χ0) is 34.4. The van der Waals surface area contributed by atoms with Crippen LogP contribution in [-0.2, 0) is 21.1 Å². The number of ether oxygens (including phenoxy) is 1.